The molecule has 7 nitrogen and oxygen atoms in total. The quantitative estimate of drug-likeness (QED) is 0.757. The SMILES string of the molecule is O=C1COc2cc(C(=O)N[C@@]3(C(=O)O)CCSC3)ccc2N1. The number of carboxylic acid groups (broad SMARTS) is 1. The number of thioether (sulfide) groups is 1. The van der Waals surface area contributed by atoms with E-state index in [0.29, 0.717) is 34.9 Å². The fraction of sp³-hybridized carbons (Fsp3) is 0.357. The number of ether oxygens (including phenoxy) is 1. The first-order chi connectivity index (χ1) is 10.5. The van der Waals surface area contributed by atoms with E-state index in [-0.39, 0.29) is 12.5 Å². The van der Waals surface area contributed by atoms with Gasteiger partial charge in [0.25, 0.3) is 11.8 Å². The number of aliphatic carboxylic acids is 1. The Balaban J connectivity index is 1.81. The Morgan fingerprint density at radius 1 is 1.41 bits per heavy atom. The number of amides is 2. The molecule has 3 rings (SSSR count). The Kier molecular flexibility index (Phi) is 3.69. The van der Waals surface area contributed by atoms with E-state index in [1.54, 1.807) is 6.07 Å². The number of carbonyl (C=O) groups excluding carboxylic acids is 2. The highest BCUT2D eigenvalue weighted by Gasteiger charge is 2.43. The zero-order valence-electron chi connectivity index (χ0n) is 11.5. The number of carbonyl (C=O) groups is 3. The molecule has 1 aromatic carbocycles. The van der Waals surface area contributed by atoms with Crippen LogP contribution in [0.1, 0.15) is 16.8 Å². The van der Waals surface area contributed by atoms with Gasteiger partial charge in [0, 0.05) is 11.3 Å². The highest BCUT2D eigenvalue weighted by Crippen LogP contribution is 2.31. The Labute approximate surface area is 130 Å². The smallest absolute Gasteiger partial charge is 0.330 e. The molecule has 1 fully saturated rings. The maximum Gasteiger partial charge on any atom is 0.330 e. The molecule has 2 amide bonds. The van der Waals surface area contributed by atoms with Gasteiger partial charge in [0.05, 0.1) is 5.69 Å². The molecule has 1 atom stereocenters. The lowest BCUT2D eigenvalue weighted by Gasteiger charge is -2.25. The lowest BCUT2D eigenvalue weighted by atomic mass is 9.98. The van der Waals surface area contributed by atoms with Crippen molar-refractivity contribution in [1.29, 1.82) is 0 Å². The van der Waals surface area contributed by atoms with Crippen LogP contribution in [0.4, 0.5) is 5.69 Å². The normalized spacial score (nSPS) is 23.2. The third-order valence-corrected chi connectivity index (χ3v) is 4.85. The molecule has 2 heterocycles. The molecule has 0 unspecified atom stereocenters. The van der Waals surface area contributed by atoms with Gasteiger partial charge >= 0.3 is 5.97 Å². The van der Waals surface area contributed by atoms with E-state index in [9.17, 15) is 19.5 Å². The van der Waals surface area contributed by atoms with Crippen molar-refractivity contribution in [3.63, 3.8) is 0 Å². The van der Waals surface area contributed by atoms with Crippen LogP contribution in [0.15, 0.2) is 18.2 Å². The van der Waals surface area contributed by atoms with Crippen LogP contribution in [0.5, 0.6) is 5.75 Å². The van der Waals surface area contributed by atoms with Crippen LogP contribution < -0.4 is 15.4 Å². The molecular formula is C14H14N2O5S. The maximum atomic E-state index is 12.3. The van der Waals surface area contributed by atoms with Crippen molar-refractivity contribution in [2.75, 3.05) is 23.4 Å². The Bertz CT molecular complexity index is 655. The largest absolute Gasteiger partial charge is 0.482 e. The molecular weight excluding hydrogens is 308 g/mol. The summed E-state index contributed by atoms with van der Waals surface area (Å²) in [6, 6.07) is 4.60. The predicted octanol–water partition coefficient (Wildman–Crippen LogP) is 0.708. The monoisotopic (exact) mass is 322 g/mol. The zero-order chi connectivity index (χ0) is 15.7. The first-order valence-electron chi connectivity index (χ1n) is 6.70. The van der Waals surface area contributed by atoms with Crippen molar-refractivity contribution < 1.29 is 24.2 Å². The van der Waals surface area contributed by atoms with Crippen LogP contribution in [0, 0.1) is 0 Å². The minimum Gasteiger partial charge on any atom is -0.482 e. The number of carboxylic acids is 1. The van der Waals surface area contributed by atoms with E-state index < -0.39 is 17.4 Å². The Morgan fingerprint density at radius 3 is 2.91 bits per heavy atom. The molecule has 1 aromatic rings. The summed E-state index contributed by atoms with van der Waals surface area (Å²) in [5.41, 5.74) is -0.420. The number of fused-ring (bicyclic) bond motifs is 1. The van der Waals surface area contributed by atoms with Crippen LogP contribution >= 0.6 is 11.8 Å². The van der Waals surface area contributed by atoms with Gasteiger partial charge in [0.2, 0.25) is 0 Å². The van der Waals surface area contributed by atoms with E-state index in [4.69, 9.17) is 4.74 Å². The van der Waals surface area contributed by atoms with Crippen molar-refractivity contribution in [2.24, 2.45) is 0 Å². The van der Waals surface area contributed by atoms with Gasteiger partial charge in [-0.1, -0.05) is 0 Å². The molecule has 8 heteroatoms. The van der Waals surface area contributed by atoms with Gasteiger partial charge in [0.1, 0.15) is 11.3 Å². The summed E-state index contributed by atoms with van der Waals surface area (Å²) in [4.78, 5) is 35.0. The fourth-order valence-corrected chi connectivity index (χ4v) is 3.72. The Hall–Kier alpha value is -2.22. The summed E-state index contributed by atoms with van der Waals surface area (Å²) in [5, 5.41) is 14.6. The summed E-state index contributed by atoms with van der Waals surface area (Å²) in [6.07, 6.45) is 0.399. The third-order valence-electron chi connectivity index (χ3n) is 3.66. The molecule has 0 saturated carbocycles. The molecule has 0 aromatic heterocycles. The number of hydrogen-bond donors (Lipinski definition) is 3. The second-order valence-electron chi connectivity index (χ2n) is 5.19. The molecule has 0 spiro atoms. The second kappa shape index (κ2) is 5.53. The molecule has 0 radical (unpaired) electrons. The van der Waals surface area contributed by atoms with Gasteiger partial charge in [-0.2, -0.15) is 11.8 Å². The standard InChI is InChI=1S/C14H14N2O5S/c17-11-6-21-10-5-8(1-2-9(10)15-11)12(18)16-14(13(19)20)3-4-22-7-14/h1-2,5H,3-4,6-7H2,(H,15,17)(H,16,18)(H,19,20)/t14-/m0/s1. The van der Waals surface area contributed by atoms with E-state index in [0.717, 1.165) is 0 Å². The van der Waals surface area contributed by atoms with Gasteiger partial charge in [-0.3, -0.25) is 9.59 Å². The third kappa shape index (κ3) is 2.61. The minimum absolute atomic E-state index is 0.103. The summed E-state index contributed by atoms with van der Waals surface area (Å²) in [6.45, 7) is -0.103. The molecule has 116 valence electrons. The average molecular weight is 322 g/mol. The van der Waals surface area contributed by atoms with Crippen molar-refractivity contribution >= 4 is 35.2 Å². The van der Waals surface area contributed by atoms with Gasteiger partial charge in [0.15, 0.2) is 6.61 Å². The number of anilines is 1. The number of hydrogen-bond acceptors (Lipinski definition) is 5. The van der Waals surface area contributed by atoms with Gasteiger partial charge in [-0.05, 0) is 30.4 Å². The first-order valence-corrected chi connectivity index (χ1v) is 7.86. The van der Waals surface area contributed by atoms with Crippen LogP contribution in [0.25, 0.3) is 0 Å². The summed E-state index contributed by atoms with van der Waals surface area (Å²) >= 11 is 1.50. The van der Waals surface area contributed by atoms with E-state index in [1.165, 1.54) is 23.9 Å². The summed E-state index contributed by atoms with van der Waals surface area (Å²) in [7, 11) is 0. The van der Waals surface area contributed by atoms with Crippen LogP contribution in [0.3, 0.4) is 0 Å². The highest BCUT2D eigenvalue weighted by atomic mass is 32.2. The molecule has 1 saturated heterocycles. The van der Waals surface area contributed by atoms with Crippen LogP contribution in [0.2, 0.25) is 0 Å². The summed E-state index contributed by atoms with van der Waals surface area (Å²) < 4.78 is 5.26. The number of rotatable bonds is 3. The van der Waals surface area contributed by atoms with Crippen molar-refractivity contribution in [3.8, 4) is 5.75 Å². The van der Waals surface area contributed by atoms with Crippen molar-refractivity contribution in [3.05, 3.63) is 23.8 Å². The maximum absolute atomic E-state index is 12.3. The van der Waals surface area contributed by atoms with Crippen LogP contribution in [-0.2, 0) is 9.59 Å². The molecule has 2 aliphatic rings. The van der Waals surface area contributed by atoms with Gasteiger partial charge in [-0.15, -0.1) is 0 Å². The first kappa shape index (κ1) is 14.7. The minimum atomic E-state index is -1.22. The lowest BCUT2D eigenvalue weighted by Crippen LogP contribution is -2.54. The molecule has 0 bridgehead atoms. The van der Waals surface area contributed by atoms with E-state index in [2.05, 4.69) is 10.6 Å². The Morgan fingerprint density at radius 2 is 2.23 bits per heavy atom. The predicted molar refractivity (Wildman–Crippen MR) is 80.3 cm³/mol. The van der Waals surface area contributed by atoms with E-state index >= 15 is 0 Å². The summed E-state index contributed by atoms with van der Waals surface area (Å²) in [5.74, 6) is -0.284. The highest BCUT2D eigenvalue weighted by molar-refractivity contribution is 7.99. The topological polar surface area (TPSA) is 105 Å². The fourth-order valence-electron chi connectivity index (χ4n) is 2.39. The molecule has 22 heavy (non-hydrogen) atoms. The number of benzene rings is 1. The molecule has 2 aliphatic heterocycles. The van der Waals surface area contributed by atoms with Crippen molar-refractivity contribution in [2.45, 2.75) is 12.0 Å². The lowest BCUT2D eigenvalue weighted by molar-refractivity contribution is -0.143. The average Bonchev–Trinajstić information content (AvgIpc) is 2.96. The van der Waals surface area contributed by atoms with E-state index in [1.807, 2.05) is 0 Å². The molecule has 0 aliphatic carbocycles. The van der Waals surface area contributed by atoms with Gasteiger partial charge < -0.3 is 20.5 Å². The van der Waals surface area contributed by atoms with Crippen LogP contribution in [-0.4, -0.2) is 46.5 Å². The van der Waals surface area contributed by atoms with Crippen molar-refractivity contribution in [1.82, 2.24) is 5.32 Å². The molecule has 3 N–H and O–H groups in total. The number of nitrogens with one attached hydrogen (secondary N) is 2. The van der Waals surface area contributed by atoms with Gasteiger partial charge in [-0.25, -0.2) is 4.79 Å². The zero-order valence-corrected chi connectivity index (χ0v) is 12.4. The second-order valence-corrected chi connectivity index (χ2v) is 6.30.